The number of thioether (sulfide) groups is 1. The van der Waals surface area contributed by atoms with Crippen molar-refractivity contribution >= 4 is 29.0 Å². The molecule has 1 aromatic carbocycles. The summed E-state index contributed by atoms with van der Waals surface area (Å²) in [4.78, 5) is 14.6. The highest BCUT2D eigenvalue weighted by molar-refractivity contribution is 7.98. The number of methoxy groups -OCH3 is 1. The van der Waals surface area contributed by atoms with Crippen LogP contribution in [0.3, 0.4) is 0 Å². The quantitative estimate of drug-likeness (QED) is 0.566. The van der Waals surface area contributed by atoms with Crippen LogP contribution in [-0.2, 0) is 17.1 Å². The fourth-order valence-corrected chi connectivity index (χ4v) is 3.90. The molecule has 0 unspecified atom stereocenters. The van der Waals surface area contributed by atoms with Gasteiger partial charge in [0, 0.05) is 28.5 Å². The van der Waals surface area contributed by atoms with Gasteiger partial charge in [0.1, 0.15) is 12.3 Å². The van der Waals surface area contributed by atoms with Gasteiger partial charge < -0.3 is 10.1 Å². The molecule has 2 aromatic heterocycles. The molecule has 2 heterocycles. The molecule has 0 aliphatic carbocycles. The van der Waals surface area contributed by atoms with E-state index >= 15 is 0 Å². The predicted molar refractivity (Wildman–Crippen MR) is 103 cm³/mol. The Balaban J connectivity index is 1.42. The molecule has 7 nitrogen and oxygen atoms in total. The van der Waals surface area contributed by atoms with Gasteiger partial charge in [-0.3, -0.25) is 4.79 Å². The minimum Gasteiger partial charge on any atom is -0.497 e. The van der Waals surface area contributed by atoms with Crippen molar-refractivity contribution in [2.45, 2.75) is 12.3 Å². The van der Waals surface area contributed by atoms with Crippen molar-refractivity contribution in [2.75, 3.05) is 19.4 Å². The Kier molecular flexibility index (Phi) is 6.62. The lowest BCUT2D eigenvalue weighted by Crippen LogP contribution is -2.30. The molecule has 0 aliphatic heterocycles. The van der Waals surface area contributed by atoms with E-state index in [-0.39, 0.29) is 12.5 Å². The minimum absolute atomic E-state index is 0.0482. The molecule has 0 spiro atoms. The van der Waals surface area contributed by atoms with Crippen LogP contribution in [0, 0.1) is 0 Å². The van der Waals surface area contributed by atoms with E-state index in [1.165, 1.54) is 9.67 Å². The Labute approximate surface area is 159 Å². The summed E-state index contributed by atoms with van der Waals surface area (Å²) in [5, 5.41) is 17.1. The number of nitrogens with zero attached hydrogens (tertiary/aromatic N) is 4. The molecule has 0 aliphatic rings. The smallest absolute Gasteiger partial charge is 0.243 e. The molecule has 0 atom stereocenters. The largest absolute Gasteiger partial charge is 0.497 e. The first-order chi connectivity index (χ1) is 12.7. The molecule has 0 saturated carbocycles. The number of aromatic nitrogens is 4. The van der Waals surface area contributed by atoms with Crippen molar-refractivity contribution in [3.63, 3.8) is 0 Å². The first-order valence-corrected chi connectivity index (χ1v) is 10.1. The third-order valence-corrected chi connectivity index (χ3v) is 5.53. The normalized spacial score (nSPS) is 10.7. The topological polar surface area (TPSA) is 81.9 Å². The maximum Gasteiger partial charge on any atom is 0.243 e. The molecule has 26 heavy (non-hydrogen) atoms. The van der Waals surface area contributed by atoms with Gasteiger partial charge in [-0.25, -0.2) is 0 Å². The molecule has 0 radical (unpaired) electrons. The summed E-state index contributed by atoms with van der Waals surface area (Å²) < 4.78 is 5.19. The first kappa shape index (κ1) is 18.4. The van der Waals surface area contributed by atoms with E-state index in [1.54, 1.807) is 30.2 Å². The number of carbonyl (C=O) groups is 1. The number of thiophene rings is 1. The molecule has 3 aromatic rings. The minimum atomic E-state index is -0.128. The van der Waals surface area contributed by atoms with Gasteiger partial charge in [0.2, 0.25) is 11.7 Å². The number of amides is 1. The van der Waals surface area contributed by atoms with Gasteiger partial charge in [0.05, 0.1) is 7.11 Å². The van der Waals surface area contributed by atoms with Crippen molar-refractivity contribution in [1.29, 1.82) is 0 Å². The predicted octanol–water partition coefficient (Wildman–Crippen LogP) is 2.46. The average Bonchev–Trinajstić information content (AvgIpc) is 3.33. The van der Waals surface area contributed by atoms with Gasteiger partial charge >= 0.3 is 0 Å². The third kappa shape index (κ3) is 5.30. The summed E-state index contributed by atoms with van der Waals surface area (Å²) in [6, 6.07) is 11.6. The number of ether oxygens (including phenoxy) is 1. The Bertz CT molecular complexity index is 835. The summed E-state index contributed by atoms with van der Waals surface area (Å²) in [5.74, 6) is 2.89. The van der Waals surface area contributed by atoms with Crippen LogP contribution < -0.4 is 10.1 Å². The maximum absolute atomic E-state index is 12.0. The Hall–Kier alpha value is -2.39. The number of hydrogen-bond donors (Lipinski definition) is 1. The van der Waals surface area contributed by atoms with E-state index in [2.05, 4.69) is 32.2 Å². The summed E-state index contributed by atoms with van der Waals surface area (Å²) in [5.41, 5.74) is 0.793. The van der Waals surface area contributed by atoms with Crippen LogP contribution in [0.4, 0.5) is 0 Å². The van der Waals surface area contributed by atoms with Crippen molar-refractivity contribution < 1.29 is 9.53 Å². The van der Waals surface area contributed by atoms with Gasteiger partial charge in [-0.05, 0) is 28.8 Å². The van der Waals surface area contributed by atoms with Gasteiger partial charge in [0.25, 0.3) is 0 Å². The molecule has 0 fully saturated rings. The van der Waals surface area contributed by atoms with Crippen LogP contribution in [0.15, 0.2) is 41.8 Å². The molecular formula is C17H19N5O2S2. The van der Waals surface area contributed by atoms with Gasteiger partial charge in [-0.2, -0.15) is 16.6 Å². The van der Waals surface area contributed by atoms with Crippen LogP contribution in [0.25, 0.3) is 11.4 Å². The standard InChI is InChI=1S/C17H19N5O2S2/c1-24-14-5-2-4-13(10-14)17-19-21-22(20-17)11-16(23)18-7-9-25-12-15-6-3-8-26-15/h2-6,8,10H,7,9,11-12H2,1H3,(H,18,23). The fourth-order valence-electron chi connectivity index (χ4n) is 2.20. The molecule has 1 N–H and O–H groups in total. The summed E-state index contributed by atoms with van der Waals surface area (Å²) >= 11 is 3.55. The fraction of sp³-hybridized carbons (Fsp3) is 0.294. The Morgan fingerprint density at radius 3 is 3.08 bits per heavy atom. The molecule has 1 amide bonds. The summed E-state index contributed by atoms with van der Waals surface area (Å²) in [7, 11) is 1.60. The van der Waals surface area contributed by atoms with Crippen molar-refractivity contribution in [2.24, 2.45) is 0 Å². The molecule has 0 bridgehead atoms. The molecule has 9 heteroatoms. The zero-order valence-electron chi connectivity index (χ0n) is 14.3. The monoisotopic (exact) mass is 389 g/mol. The maximum atomic E-state index is 12.0. The lowest BCUT2D eigenvalue weighted by atomic mass is 10.2. The van der Waals surface area contributed by atoms with E-state index in [0.29, 0.717) is 12.4 Å². The van der Waals surface area contributed by atoms with E-state index in [4.69, 9.17) is 4.74 Å². The van der Waals surface area contributed by atoms with E-state index in [1.807, 2.05) is 30.3 Å². The number of benzene rings is 1. The van der Waals surface area contributed by atoms with Crippen LogP contribution in [0.2, 0.25) is 0 Å². The zero-order chi connectivity index (χ0) is 18.2. The zero-order valence-corrected chi connectivity index (χ0v) is 15.9. The Morgan fingerprint density at radius 1 is 1.35 bits per heavy atom. The van der Waals surface area contributed by atoms with Gasteiger partial charge in [-0.1, -0.05) is 18.2 Å². The SMILES string of the molecule is COc1cccc(-c2nnn(CC(=O)NCCSCc3cccs3)n2)c1. The van der Waals surface area contributed by atoms with Gasteiger partial charge in [0.15, 0.2) is 0 Å². The van der Waals surface area contributed by atoms with Crippen molar-refractivity contribution in [3.05, 3.63) is 46.7 Å². The second-order valence-corrected chi connectivity index (χ2v) is 7.49. The molecule has 136 valence electrons. The van der Waals surface area contributed by atoms with E-state index < -0.39 is 0 Å². The van der Waals surface area contributed by atoms with Crippen molar-refractivity contribution in [3.8, 4) is 17.1 Å². The lowest BCUT2D eigenvalue weighted by Gasteiger charge is -2.04. The highest BCUT2D eigenvalue weighted by Crippen LogP contribution is 2.19. The van der Waals surface area contributed by atoms with Crippen LogP contribution in [-0.4, -0.2) is 45.5 Å². The van der Waals surface area contributed by atoms with E-state index in [9.17, 15) is 4.79 Å². The van der Waals surface area contributed by atoms with Crippen LogP contribution in [0.5, 0.6) is 5.75 Å². The number of rotatable bonds is 9. The van der Waals surface area contributed by atoms with E-state index in [0.717, 1.165) is 22.8 Å². The highest BCUT2D eigenvalue weighted by atomic mass is 32.2. The summed E-state index contributed by atoms with van der Waals surface area (Å²) in [6.07, 6.45) is 0. The second-order valence-electron chi connectivity index (χ2n) is 5.36. The first-order valence-electron chi connectivity index (χ1n) is 8.03. The second kappa shape index (κ2) is 9.35. The number of carbonyl (C=O) groups excluding carboxylic acids is 1. The highest BCUT2D eigenvalue weighted by Gasteiger charge is 2.09. The van der Waals surface area contributed by atoms with Gasteiger partial charge in [-0.15, -0.1) is 21.5 Å². The molecular weight excluding hydrogens is 370 g/mol. The van der Waals surface area contributed by atoms with Crippen molar-refractivity contribution in [1.82, 2.24) is 25.5 Å². The molecule has 3 rings (SSSR count). The number of hydrogen-bond acceptors (Lipinski definition) is 7. The summed E-state index contributed by atoms with van der Waals surface area (Å²) in [6.45, 7) is 0.666. The third-order valence-electron chi connectivity index (χ3n) is 3.46. The number of tetrazole rings is 1. The molecule has 0 saturated heterocycles. The van der Waals surface area contributed by atoms with Crippen LogP contribution in [0.1, 0.15) is 4.88 Å². The van der Waals surface area contributed by atoms with Crippen LogP contribution >= 0.6 is 23.1 Å². The Morgan fingerprint density at radius 2 is 2.27 bits per heavy atom. The average molecular weight is 390 g/mol. The lowest BCUT2D eigenvalue weighted by molar-refractivity contribution is -0.121. The number of nitrogens with one attached hydrogen (secondary N) is 1.